The van der Waals surface area contributed by atoms with E-state index in [1.54, 1.807) is 36.4 Å². The second kappa shape index (κ2) is 5.30. The molecular weight excluding hydrogens is 260 g/mol. The largest absolute Gasteiger partial charge is 0.398 e. The van der Waals surface area contributed by atoms with E-state index in [1.807, 2.05) is 12.1 Å². The van der Waals surface area contributed by atoms with E-state index in [0.29, 0.717) is 33.2 Å². The average Bonchev–Trinajstić information content (AvgIpc) is 2.41. The zero-order valence-corrected chi connectivity index (χ0v) is 10.6. The fourth-order valence-electron chi connectivity index (χ4n) is 1.59. The number of anilines is 3. The summed E-state index contributed by atoms with van der Waals surface area (Å²) in [6.07, 6.45) is 0. The third-order valence-corrected chi connectivity index (χ3v) is 2.88. The lowest BCUT2D eigenvalue weighted by molar-refractivity contribution is 1.46. The summed E-state index contributed by atoms with van der Waals surface area (Å²) in [5, 5.41) is 21.2. The van der Waals surface area contributed by atoms with E-state index in [-0.39, 0.29) is 0 Å². The number of nitrogens with two attached hydrogens (primary N) is 1. The van der Waals surface area contributed by atoms with Gasteiger partial charge in [-0.2, -0.15) is 10.5 Å². The van der Waals surface area contributed by atoms with E-state index in [9.17, 15) is 0 Å². The van der Waals surface area contributed by atoms with Crippen molar-refractivity contribution in [3.63, 3.8) is 0 Å². The van der Waals surface area contributed by atoms with Crippen molar-refractivity contribution in [1.29, 1.82) is 10.5 Å². The van der Waals surface area contributed by atoms with Gasteiger partial charge in [0.1, 0.15) is 6.07 Å². The first-order chi connectivity index (χ1) is 9.13. The first-order valence-corrected chi connectivity index (χ1v) is 5.78. The Balaban J connectivity index is 2.34. The summed E-state index contributed by atoms with van der Waals surface area (Å²) >= 11 is 6.05. The van der Waals surface area contributed by atoms with Crippen LogP contribution in [0.25, 0.3) is 0 Å². The highest BCUT2D eigenvalue weighted by atomic mass is 35.5. The first kappa shape index (κ1) is 12.8. The second-order valence-electron chi connectivity index (χ2n) is 3.85. The summed E-state index contributed by atoms with van der Waals surface area (Å²) < 4.78 is 0. The Hall–Kier alpha value is -2.69. The van der Waals surface area contributed by atoms with Gasteiger partial charge < -0.3 is 11.1 Å². The molecule has 0 saturated heterocycles. The van der Waals surface area contributed by atoms with Gasteiger partial charge in [0.25, 0.3) is 0 Å². The minimum absolute atomic E-state index is 0.389. The molecule has 0 amide bonds. The number of rotatable bonds is 2. The molecule has 0 aliphatic carbocycles. The van der Waals surface area contributed by atoms with Crippen molar-refractivity contribution in [3.05, 3.63) is 52.5 Å². The topological polar surface area (TPSA) is 85.6 Å². The molecule has 0 heterocycles. The summed E-state index contributed by atoms with van der Waals surface area (Å²) in [5.41, 5.74) is 8.37. The number of benzene rings is 2. The third kappa shape index (κ3) is 2.77. The molecule has 0 aliphatic heterocycles. The molecule has 0 radical (unpaired) electrons. The number of hydrogen-bond donors (Lipinski definition) is 2. The molecule has 0 fully saturated rings. The van der Waals surface area contributed by atoms with Crippen molar-refractivity contribution in [2.24, 2.45) is 0 Å². The van der Waals surface area contributed by atoms with Gasteiger partial charge in [-0.3, -0.25) is 0 Å². The van der Waals surface area contributed by atoms with Gasteiger partial charge in [0, 0.05) is 5.69 Å². The van der Waals surface area contributed by atoms with Crippen LogP contribution in [0.3, 0.4) is 0 Å². The summed E-state index contributed by atoms with van der Waals surface area (Å²) in [6, 6.07) is 14.0. The zero-order valence-electron chi connectivity index (χ0n) is 9.81. The number of nitrogens with zero attached hydrogens (tertiary/aromatic N) is 2. The quantitative estimate of drug-likeness (QED) is 0.817. The number of nitrogen functional groups attached to an aromatic ring is 1. The summed E-state index contributed by atoms with van der Waals surface area (Å²) in [4.78, 5) is 0. The van der Waals surface area contributed by atoms with Crippen molar-refractivity contribution in [1.82, 2.24) is 0 Å². The van der Waals surface area contributed by atoms with Gasteiger partial charge >= 0.3 is 0 Å². The molecule has 0 unspecified atom stereocenters. The lowest BCUT2D eigenvalue weighted by Gasteiger charge is -2.09. The van der Waals surface area contributed by atoms with E-state index in [4.69, 9.17) is 27.9 Å². The molecule has 0 bridgehead atoms. The molecule has 0 spiro atoms. The minimum atomic E-state index is 0.389. The average molecular weight is 269 g/mol. The van der Waals surface area contributed by atoms with Crippen molar-refractivity contribution in [2.45, 2.75) is 0 Å². The summed E-state index contributed by atoms with van der Waals surface area (Å²) in [5.74, 6) is 0. The molecule has 0 atom stereocenters. The van der Waals surface area contributed by atoms with Crippen LogP contribution in [0.2, 0.25) is 5.02 Å². The fraction of sp³-hybridized carbons (Fsp3) is 0. The first-order valence-electron chi connectivity index (χ1n) is 5.40. The Labute approximate surface area is 115 Å². The van der Waals surface area contributed by atoms with E-state index in [0.717, 1.165) is 0 Å². The van der Waals surface area contributed by atoms with Crippen LogP contribution in [0.1, 0.15) is 11.1 Å². The highest BCUT2D eigenvalue weighted by molar-refractivity contribution is 6.33. The van der Waals surface area contributed by atoms with Crippen LogP contribution >= 0.6 is 11.6 Å². The van der Waals surface area contributed by atoms with E-state index < -0.39 is 0 Å². The molecule has 3 N–H and O–H groups in total. The lowest BCUT2D eigenvalue weighted by atomic mass is 10.1. The van der Waals surface area contributed by atoms with Crippen LogP contribution < -0.4 is 11.1 Å². The maximum Gasteiger partial charge on any atom is 0.101 e. The van der Waals surface area contributed by atoms with Crippen LogP contribution in [-0.2, 0) is 0 Å². The van der Waals surface area contributed by atoms with Gasteiger partial charge in [0.2, 0.25) is 0 Å². The highest BCUT2D eigenvalue weighted by Gasteiger charge is 2.04. The molecule has 4 nitrogen and oxygen atoms in total. The lowest BCUT2D eigenvalue weighted by Crippen LogP contribution is -1.95. The van der Waals surface area contributed by atoms with Gasteiger partial charge in [-0.15, -0.1) is 0 Å². The third-order valence-electron chi connectivity index (χ3n) is 2.55. The van der Waals surface area contributed by atoms with Gasteiger partial charge in [-0.05, 0) is 36.4 Å². The summed E-state index contributed by atoms with van der Waals surface area (Å²) in [6.45, 7) is 0. The van der Waals surface area contributed by atoms with Gasteiger partial charge in [0.15, 0.2) is 0 Å². The molecule has 0 aliphatic rings. The molecule has 2 aromatic carbocycles. The maximum absolute atomic E-state index is 8.85. The van der Waals surface area contributed by atoms with Crippen LogP contribution in [0.5, 0.6) is 0 Å². The van der Waals surface area contributed by atoms with Crippen LogP contribution in [0.4, 0.5) is 17.1 Å². The molecule has 2 aromatic rings. The van der Waals surface area contributed by atoms with Crippen molar-refractivity contribution >= 4 is 28.7 Å². The predicted octanol–water partition coefficient (Wildman–Crippen LogP) is 3.41. The Kier molecular flexibility index (Phi) is 3.56. The molecule has 0 saturated carbocycles. The van der Waals surface area contributed by atoms with E-state index in [1.165, 1.54) is 0 Å². The number of halogens is 1. The van der Waals surface area contributed by atoms with Crippen LogP contribution in [-0.4, -0.2) is 0 Å². The molecule has 2 rings (SSSR count). The molecule has 0 aromatic heterocycles. The van der Waals surface area contributed by atoms with Crippen molar-refractivity contribution < 1.29 is 0 Å². The Morgan fingerprint density at radius 1 is 1.05 bits per heavy atom. The maximum atomic E-state index is 8.85. The molecule has 19 heavy (non-hydrogen) atoms. The van der Waals surface area contributed by atoms with E-state index >= 15 is 0 Å². The van der Waals surface area contributed by atoms with Crippen molar-refractivity contribution in [2.75, 3.05) is 11.1 Å². The monoisotopic (exact) mass is 268 g/mol. The summed E-state index contributed by atoms with van der Waals surface area (Å²) in [7, 11) is 0. The van der Waals surface area contributed by atoms with E-state index in [2.05, 4.69) is 5.32 Å². The normalized spacial score (nSPS) is 9.42. The van der Waals surface area contributed by atoms with Gasteiger partial charge in [0.05, 0.1) is 33.6 Å². The minimum Gasteiger partial charge on any atom is -0.398 e. The molecule has 92 valence electrons. The smallest absolute Gasteiger partial charge is 0.101 e. The highest BCUT2D eigenvalue weighted by Crippen LogP contribution is 2.27. The number of hydrogen-bond acceptors (Lipinski definition) is 4. The standard InChI is InChI=1S/C14H9ClN4/c15-12-4-1-9(7-16)5-14(12)19-11-3-2-10(8-17)13(18)6-11/h1-6,19H,18H2. The Morgan fingerprint density at radius 3 is 2.47 bits per heavy atom. The van der Waals surface area contributed by atoms with Crippen LogP contribution in [0.15, 0.2) is 36.4 Å². The zero-order chi connectivity index (χ0) is 13.8. The van der Waals surface area contributed by atoms with Crippen LogP contribution in [0, 0.1) is 22.7 Å². The second-order valence-corrected chi connectivity index (χ2v) is 4.25. The Morgan fingerprint density at radius 2 is 1.84 bits per heavy atom. The number of nitrogens with one attached hydrogen (secondary N) is 1. The fourth-order valence-corrected chi connectivity index (χ4v) is 1.75. The Bertz CT molecular complexity index is 710. The molecule has 5 heteroatoms. The SMILES string of the molecule is N#Cc1ccc(Cl)c(Nc2ccc(C#N)c(N)c2)c1. The van der Waals surface area contributed by atoms with Gasteiger partial charge in [-0.25, -0.2) is 0 Å². The van der Waals surface area contributed by atoms with Crippen molar-refractivity contribution in [3.8, 4) is 12.1 Å². The predicted molar refractivity (Wildman–Crippen MR) is 75.0 cm³/mol. The number of nitriles is 2. The molecular formula is C14H9ClN4. The van der Waals surface area contributed by atoms with Gasteiger partial charge in [-0.1, -0.05) is 11.6 Å².